The van der Waals surface area contributed by atoms with Crippen LogP contribution in [0.2, 0.25) is 0 Å². The zero-order chi connectivity index (χ0) is 11.3. The molecule has 4 heteroatoms. The second kappa shape index (κ2) is 4.91. The number of rotatable bonds is 2. The van der Waals surface area contributed by atoms with Gasteiger partial charge in [0.15, 0.2) is 0 Å². The monoisotopic (exact) mass is 205 g/mol. The van der Waals surface area contributed by atoms with E-state index in [-0.39, 0.29) is 11.1 Å². The standard InChI is InChI=1S/C11H8FNO2/c1-15-11(14)5-4-9-3-2-8(7-13)6-10(9)12/h2-6H,1H3/b5-4+. The molecule has 0 aromatic heterocycles. The number of carbonyl (C=O) groups is 1. The molecule has 0 unspecified atom stereocenters. The molecule has 0 fully saturated rings. The molecule has 0 spiro atoms. The average Bonchev–Trinajstić information content (AvgIpc) is 2.26. The molecule has 0 saturated carbocycles. The van der Waals surface area contributed by atoms with E-state index in [0.29, 0.717) is 0 Å². The van der Waals surface area contributed by atoms with Crippen LogP contribution in [0.15, 0.2) is 24.3 Å². The van der Waals surface area contributed by atoms with Crippen LogP contribution in [0.3, 0.4) is 0 Å². The average molecular weight is 205 g/mol. The third-order valence-electron chi connectivity index (χ3n) is 1.73. The number of methoxy groups -OCH3 is 1. The van der Waals surface area contributed by atoms with Crippen LogP contribution >= 0.6 is 0 Å². The van der Waals surface area contributed by atoms with E-state index in [1.165, 1.54) is 25.3 Å². The molecule has 1 aromatic rings. The van der Waals surface area contributed by atoms with Crippen molar-refractivity contribution >= 4 is 12.0 Å². The molecule has 1 rings (SSSR count). The molecule has 0 N–H and O–H groups in total. The van der Waals surface area contributed by atoms with E-state index >= 15 is 0 Å². The zero-order valence-electron chi connectivity index (χ0n) is 8.03. The lowest BCUT2D eigenvalue weighted by atomic mass is 10.1. The van der Waals surface area contributed by atoms with Gasteiger partial charge < -0.3 is 4.74 Å². The van der Waals surface area contributed by atoms with Crippen LogP contribution in [-0.2, 0) is 9.53 Å². The summed E-state index contributed by atoms with van der Waals surface area (Å²) < 4.78 is 17.6. The van der Waals surface area contributed by atoms with Gasteiger partial charge in [-0.2, -0.15) is 5.26 Å². The number of nitriles is 1. The van der Waals surface area contributed by atoms with Crippen molar-refractivity contribution < 1.29 is 13.9 Å². The Morgan fingerprint density at radius 3 is 2.87 bits per heavy atom. The van der Waals surface area contributed by atoms with E-state index in [4.69, 9.17) is 5.26 Å². The molecule has 0 atom stereocenters. The molecule has 15 heavy (non-hydrogen) atoms. The topological polar surface area (TPSA) is 50.1 Å². The van der Waals surface area contributed by atoms with Gasteiger partial charge in [-0.1, -0.05) is 6.07 Å². The number of esters is 1. The Hall–Kier alpha value is -2.15. The number of hydrogen-bond donors (Lipinski definition) is 0. The maximum absolute atomic E-state index is 13.2. The third kappa shape index (κ3) is 2.92. The fourth-order valence-electron chi connectivity index (χ4n) is 0.958. The summed E-state index contributed by atoms with van der Waals surface area (Å²) in [5.41, 5.74) is 0.474. The first-order valence-corrected chi connectivity index (χ1v) is 4.13. The fourth-order valence-corrected chi connectivity index (χ4v) is 0.958. The van der Waals surface area contributed by atoms with E-state index in [9.17, 15) is 9.18 Å². The number of halogens is 1. The van der Waals surface area contributed by atoms with Crippen molar-refractivity contribution in [1.82, 2.24) is 0 Å². The molecule has 0 aliphatic heterocycles. The minimum absolute atomic E-state index is 0.236. The molecular weight excluding hydrogens is 197 g/mol. The Morgan fingerprint density at radius 1 is 1.60 bits per heavy atom. The molecular formula is C11H8FNO2. The predicted octanol–water partition coefficient (Wildman–Crippen LogP) is 1.88. The normalized spacial score (nSPS) is 9.93. The quantitative estimate of drug-likeness (QED) is 0.547. The summed E-state index contributed by atoms with van der Waals surface area (Å²) in [5, 5.41) is 8.50. The molecule has 0 heterocycles. The van der Waals surface area contributed by atoms with Crippen molar-refractivity contribution in [3.63, 3.8) is 0 Å². The van der Waals surface area contributed by atoms with Crippen molar-refractivity contribution in [2.75, 3.05) is 7.11 Å². The van der Waals surface area contributed by atoms with Crippen LogP contribution in [0.25, 0.3) is 6.08 Å². The van der Waals surface area contributed by atoms with Crippen LogP contribution in [0.1, 0.15) is 11.1 Å². The maximum Gasteiger partial charge on any atom is 0.330 e. The van der Waals surface area contributed by atoms with Gasteiger partial charge in [0.25, 0.3) is 0 Å². The van der Waals surface area contributed by atoms with Gasteiger partial charge in [-0.15, -0.1) is 0 Å². The van der Waals surface area contributed by atoms with Crippen LogP contribution in [0.4, 0.5) is 4.39 Å². The Balaban J connectivity index is 2.93. The first kappa shape index (κ1) is 10.9. The van der Waals surface area contributed by atoms with Crippen LogP contribution in [-0.4, -0.2) is 13.1 Å². The van der Waals surface area contributed by atoms with Crippen molar-refractivity contribution in [1.29, 1.82) is 5.26 Å². The SMILES string of the molecule is COC(=O)/C=C/c1ccc(C#N)cc1F. The number of hydrogen-bond acceptors (Lipinski definition) is 3. The summed E-state index contributed by atoms with van der Waals surface area (Å²) in [7, 11) is 1.24. The van der Waals surface area contributed by atoms with Gasteiger partial charge in [-0.25, -0.2) is 9.18 Å². The van der Waals surface area contributed by atoms with Crippen molar-refractivity contribution in [3.8, 4) is 6.07 Å². The molecule has 0 aliphatic rings. The van der Waals surface area contributed by atoms with E-state index in [1.54, 1.807) is 0 Å². The maximum atomic E-state index is 13.2. The Bertz CT molecular complexity index is 446. The molecule has 1 aromatic carbocycles. The lowest BCUT2D eigenvalue weighted by Gasteiger charge is -1.96. The van der Waals surface area contributed by atoms with Crippen LogP contribution in [0.5, 0.6) is 0 Å². The summed E-state index contributed by atoms with van der Waals surface area (Å²) in [5.74, 6) is -1.10. The van der Waals surface area contributed by atoms with Crippen LogP contribution < -0.4 is 0 Å². The number of benzene rings is 1. The van der Waals surface area contributed by atoms with Gasteiger partial charge in [-0.05, 0) is 18.2 Å². The van der Waals surface area contributed by atoms with E-state index in [0.717, 1.165) is 12.1 Å². The number of ether oxygens (including phenoxy) is 1. The van der Waals surface area contributed by atoms with E-state index in [2.05, 4.69) is 4.74 Å². The minimum Gasteiger partial charge on any atom is -0.466 e. The van der Waals surface area contributed by atoms with Gasteiger partial charge in [-0.3, -0.25) is 0 Å². The van der Waals surface area contributed by atoms with Crippen molar-refractivity contribution in [2.45, 2.75) is 0 Å². The summed E-state index contributed by atoms with van der Waals surface area (Å²) in [6.45, 7) is 0. The summed E-state index contributed by atoms with van der Waals surface area (Å²) in [6.07, 6.45) is 2.41. The highest BCUT2D eigenvalue weighted by atomic mass is 19.1. The third-order valence-corrected chi connectivity index (χ3v) is 1.73. The predicted molar refractivity (Wildman–Crippen MR) is 52.2 cm³/mol. The summed E-state index contributed by atoms with van der Waals surface area (Å²) >= 11 is 0. The Labute approximate surface area is 86.4 Å². The van der Waals surface area contributed by atoms with Gasteiger partial charge in [0.05, 0.1) is 18.7 Å². The smallest absolute Gasteiger partial charge is 0.330 e. The molecule has 0 radical (unpaired) electrons. The van der Waals surface area contributed by atoms with Gasteiger partial charge in [0, 0.05) is 11.6 Å². The number of nitrogens with zero attached hydrogens (tertiary/aromatic N) is 1. The lowest BCUT2D eigenvalue weighted by molar-refractivity contribution is -0.134. The van der Waals surface area contributed by atoms with E-state index in [1.807, 2.05) is 6.07 Å². The molecule has 76 valence electrons. The molecule has 0 saturated heterocycles. The Morgan fingerprint density at radius 2 is 2.33 bits per heavy atom. The van der Waals surface area contributed by atoms with Gasteiger partial charge in [0.1, 0.15) is 5.82 Å². The second-order valence-electron chi connectivity index (χ2n) is 2.70. The number of carbonyl (C=O) groups excluding carboxylic acids is 1. The minimum atomic E-state index is -0.557. The van der Waals surface area contributed by atoms with Gasteiger partial charge >= 0.3 is 5.97 Å². The highest BCUT2D eigenvalue weighted by Crippen LogP contribution is 2.11. The largest absolute Gasteiger partial charge is 0.466 e. The second-order valence-corrected chi connectivity index (χ2v) is 2.70. The molecule has 3 nitrogen and oxygen atoms in total. The first-order valence-electron chi connectivity index (χ1n) is 4.13. The summed E-state index contributed by atoms with van der Waals surface area (Å²) in [4.78, 5) is 10.7. The Kier molecular flexibility index (Phi) is 3.58. The highest BCUT2D eigenvalue weighted by molar-refractivity contribution is 5.86. The van der Waals surface area contributed by atoms with Crippen molar-refractivity contribution in [3.05, 3.63) is 41.2 Å². The fraction of sp³-hybridized carbons (Fsp3) is 0.0909. The molecule has 0 bridgehead atoms. The zero-order valence-corrected chi connectivity index (χ0v) is 8.03. The molecule has 0 amide bonds. The molecule has 0 aliphatic carbocycles. The van der Waals surface area contributed by atoms with Crippen LogP contribution in [0, 0.1) is 17.1 Å². The van der Waals surface area contributed by atoms with Gasteiger partial charge in [0.2, 0.25) is 0 Å². The van der Waals surface area contributed by atoms with E-state index < -0.39 is 11.8 Å². The summed E-state index contributed by atoms with van der Waals surface area (Å²) in [6, 6.07) is 5.82. The van der Waals surface area contributed by atoms with Crippen molar-refractivity contribution in [2.24, 2.45) is 0 Å². The first-order chi connectivity index (χ1) is 7.17. The lowest BCUT2D eigenvalue weighted by Crippen LogP contribution is -1.94. The highest BCUT2D eigenvalue weighted by Gasteiger charge is 2.00.